The number of nitrogens with zero attached hydrogens (tertiary/aromatic N) is 1. The van der Waals surface area contributed by atoms with Crippen LogP contribution in [0.25, 0.3) is 0 Å². The molecule has 96 valence electrons. The zero-order valence-electron chi connectivity index (χ0n) is 11.5. The van der Waals surface area contributed by atoms with Gasteiger partial charge in [-0.15, -0.1) is 0 Å². The summed E-state index contributed by atoms with van der Waals surface area (Å²) >= 11 is 0. The molecule has 0 aliphatic carbocycles. The first-order valence-electron chi connectivity index (χ1n) is 6.75. The maximum Gasteiger partial charge on any atom is 0.0381 e. The van der Waals surface area contributed by atoms with Gasteiger partial charge in [0.1, 0.15) is 0 Å². The van der Waals surface area contributed by atoms with Crippen molar-refractivity contribution in [3.8, 4) is 0 Å². The molecule has 0 atom stereocenters. The lowest BCUT2D eigenvalue weighted by Gasteiger charge is -2.14. The lowest BCUT2D eigenvalue weighted by molar-refractivity contribution is 0.645. The third-order valence-electron chi connectivity index (χ3n) is 2.97. The molecule has 17 heavy (non-hydrogen) atoms. The molecule has 0 radical (unpaired) electrons. The van der Waals surface area contributed by atoms with Gasteiger partial charge in [-0.05, 0) is 24.6 Å². The van der Waals surface area contributed by atoms with Crippen LogP contribution in [-0.4, -0.2) is 20.6 Å². The minimum Gasteiger partial charge on any atom is -0.385 e. The van der Waals surface area contributed by atoms with Crippen LogP contribution >= 0.6 is 0 Å². The monoisotopic (exact) mass is 234 g/mol. The molecule has 2 nitrogen and oxygen atoms in total. The van der Waals surface area contributed by atoms with E-state index in [1.54, 1.807) is 0 Å². The molecule has 0 aliphatic heterocycles. The van der Waals surface area contributed by atoms with E-state index in [9.17, 15) is 0 Å². The first-order chi connectivity index (χ1) is 8.24. The smallest absolute Gasteiger partial charge is 0.0381 e. The van der Waals surface area contributed by atoms with Crippen molar-refractivity contribution in [2.45, 2.75) is 39.0 Å². The second-order valence-corrected chi connectivity index (χ2v) is 4.79. The highest BCUT2D eigenvalue weighted by Gasteiger charge is 1.96. The van der Waals surface area contributed by atoms with Gasteiger partial charge in [-0.1, -0.05) is 38.7 Å². The molecule has 0 saturated carbocycles. The van der Waals surface area contributed by atoms with Crippen molar-refractivity contribution in [1.29, 1.82) is 0 Å². The topological polar surface area (TPSA) is 15.3 Å². The van der Waals surface area contributed by atoms with Gasteiger partial charge >= 0.3 is 0 Å². The molecular weight excluding hydrogens is 208 g/mol. The molecule has 0 aromatic heterocycles. The molecule has 1 rings (SSSR count). The van der Waals surface area contributed by atoms with Gasteiger partial charge < -0.3 is 10.2 Å². The quantitative estimate of drug-likeness (QED) is 0.680. The van der Waals surface area contributed by atoms with E-state index in [0.717, 1.165) is 6.54 Å². The third-order valence-corrected chi connectivity index (χ3v) is 2.97. The van der Waals surface area contributed by atoms with Gasteiger partial charge in [-0.3, -0.25) is 0 Å². The Morgan fingerprint density at radius 2 is 1.82 bits per heavy atom. The molecule has 0 saturated heterocycles. The minimum absolute atomic E-state index is 1.08. The molecule has 0 fully saturated rings. The number of hydrogen-bond donors (Lipinski definition) is 1. The SMILES string of the molecule is CCCCCCCNc1cccc(N(C)C)c1. The number of nitrogens with one attached hydrogen (secondary N) is 1. The van der Waals surface area contributed by atoms with Gasteiger partial charge in [0, 0.05) is 32.0 Å². The maximum atomic E-state index is 3.49. The number of benzene rings is 1. The van der Waals surface area contributed by atoms with E-state index in [2.05, 4.69) is 55.5 Å². The van der Waals surface area contributed by atoms with E-state index in [-0.39, 0.29) is 0 Å². The molecule has 0 amide bonds. The Bertz CT molecular complexity index is 308. The summed E-state index contributed by atoms with van der Waals surface area (Å²) < 4.78 is 0. The van der Waals surface area contributed by atoms with Gasteiger partial charge in [-0.25, -0.2) is 0 Å². The van der Waals surface area contributed by atoms with Crippen molar-refractivity contribution in [1.82, 2.24) is 0 Å². The van der Waals surface area contributed by atoms with Crippen molar-refractivity contribution >= 4 is 11.4 Å². The average Bonchev–Trinajstić information content (AvgIpc) is 2.34. The second kappa shape index (κ2) is 7.99. The molecule has 1 aromatic carbocycles. The molecule has 0 unspecified atom stereocenters. The fraction of sp³-hybridized carbons (Fsp3) is 0.600. The van der Waals surface area contributed by atoms with Crippen LogP contribution in [0.5, 0.6) is 0 Å². The van der Waals surface area contributed by atoms with Crippen molar-refractivity contribution in [3.63, 3.8) is 0 Å². The highest BCUT2D eigenvalue weighted by atomic mass is 15.1. The van der Waals surface area contributed by atoms with Crippen LogP contribution in [0.4, 0.5) is 11.4 Å². The highest BCUT2D eigenvalue weighted by molar-refractivity contribution is 5.57. The number of anilines is 2. The van der Waals surface area contributed by atoms with Gasteiger partial charge in [0.25, 0.3) is 0 Å². The molecular formula is C15H26N2. The minimum atomic E-state index is 1.08. The largest absolute Gasteiger partial charge is 0.385 e. The third kappa shape index (κ3) is 5.62. The fourth-order valence-corrected chi connectivity index (χ4v) is 1.86. The first kappa shape index (κ1) is 13.9. The Labute approximate surface area is 106 Å². The van der Waals surface area contributed by atoms with E-state index < -0.39 is 0 Å². The van der Waals surface area contributed by atoms with Crippen LogP contribution in [0.15, 0.2) is 24.3 Å². The van der Waals surface area contributed by atoms with Crippen molar-refractivity contribution in [3.05, 3.63) is 24.3 Å². The molecule has 0 bridgehead atoms. The summed E-state index contributed by atoms with van der Waals surface area (Å²) in [6, 6.07) is 8.58. The number of rotatable bonds is 8. The predicted octanol–water partition coefficient (Wildman–Crippen LogP) is 4.13. The summed E-state index contributed by atoms with van der Waals surface area (Å²) in [5.74, 6) is 0. The van der Waals surface area contributed by atoms with E-state index in [0.29, 0.717) is 0 Å². The van der Waals surface area contributed by atoms with Crippen molar-refractivity contribution in [2.24, 2.45) is 0 Å². The molecule has 0 aliphatic rings. The van der Waals surface area contributed by atoms with Crippen molar-refractivity contribution < 1.29 is 0 Å². The molecule has 0 spiro atoms. The zero-order chi connectivity index (χ0) is 12.5. The average molecular weight is 234 g/mol. The van der Waals surface area contributed by atoms with Crippen molar-refractivity contribution in [2.75, 3.05) is 30.9 Å². The lowest BCUT2D eigenvalue weighted by atomic mass is 10.1. The Hall–Kier alpha value is -1.18. The Morgan fingerprint density at radius 3 is 2.53 bits per heavy atom. The summed E-state index contributed by atoms with van der Waals surface area (Å²) in [6.07, 6.45) is 6.67. The second-order valence-electron chi connectivity index (χ2n) is 4.79. The summed E-state index contributed by atoms with van der Waals surface area (Å²) in [4.78, 5) is 2.13. The molecule has 1 aromatic rings. The normalized spacial score (nSPS) is 10.3. The van der Waals surface area contributed by atoms with Crippen LogP contribution < -0.4 is 10.2 Å². The highest BCUT2D eigenvalue weighted by Crippen LogP contribution is 2.17. The Morgan fingerprint density at radius 1 is 1.06 bits per heavy atom. The van der Waals surface area contributed by atoms with Gasteiger partial charge in [0.05, 0.1) is 0 Å². The van der Waals surface area contributed by atoms with Gasteiger partial charge in [0.2, 0.25) is 0 Å². The fourth-order valence-electron chi connectivity index (χ4n) is 1.86. The van der Waals surface area contributed by atoms with Crippen LogP contribution in [0, 0.1) is 0 Å². The van der Waals surface area contributed by atoms with E-state index in [1.165, 1.54) is 43.5 Å². The lowest BCUT2D eigenvalue weighted by Crippen LogP contribution is -2.09. The van der Waals surface area contributed by atoms with Crippen LogP contribution in [0.1, 0.15) is 39.0 Å². The summed E-state index contributed by atoms with van der Waals surface area (Å²) in [5, 5.41) is 3.49. The number of hydrogen-bond acceptors (Lipinski definition) is 2. The van der Waals surface area contributed by atoms with E-state index in [4.69, 9.17) is 0 Å². The molecule has 2 heteroatoms. The summed E-state index contributed by atoms with van der Waals surface area (Å²) in [5.41, 5.74) is 2.48. The number of unbranched alkanes of at least 4 members (excludes halogenated alkanes) is 4. The summed E-state index contributed by atoms with van der Waals surface area (Å²) in [7, 11) is 4.15. The molecule has 1 N–H and O–H groups in total. The van der Waals surface area contributed by atoms with Gasteiger partial charge in [0.15, 0.2) is 0 Å². The standard InChI is InChI=1S/C15H26N2/c1-4-5-6-7-8-12-16-14-10-9-11-15(13-14)17(2)3/h9-11,13,16H,4-8,12H2,1-3H3. The Balaban J connectivity index is 2.24. The first-order valence-corrected chi connectivity index (χ1v) is 6.75. The van der Waals surface area contributed by atoms with Crippen LogP contribution in [-0.2, 0) is 0 Å². The van der Waals surface area contributed by atoms with Gasteiger partial charge in [-0.2, -0.15) is 0 Å². The van der Waals surface area contributed by atoms with E-state index in [1.807, 2.05) is 0 Å². The predicted molar refractivity (Wildman–Crippen MR) is 78.0 cm³/mol. The van der Waals surface area contributed by atoms with E-state index >= 15 is 0 Å². The van der Waals surface area contributed by atoms with Crippen LogP contribution in [0.2, 0.25) is 0 Å². The zero-order valence-corrected chi connectivity index (χ0v) is 11.5. The van der Waals surface area contributed by atoms with Crippen LogP contribution in [0.3, 0.4) is 0 Å². The molecule has 0 heterocycles. The Kier molecular flexibility index (Phi) is 6.53. The maximum absolute atomic E-state index is 3.49. The summed E-state index contributed by atoms with van der Waals surface area (Å²) in [6.45, 7) is 3.34.